The van der Waals surface area contributed by atoms with Crippen molar-refractivity contribution >= 4 is 21.8 Å². The minimum absolute atomic E-state index is 0.852. The van der Waals surface area contributed by atoms with E-state index in [0.717, 1.165) is 28.2 Å². The summed E-state index contributed by atoms with van der Waals surface area (Å²) in [5.41, 5.74) is 3.42. The lowest BCUT2D eigenvalue weighted by atomic mass is 10.1. The molecule has 4 rings (SSSR count). The molecule has 0 aliphatic rings. The van der Waals surface area contributed by atoms with E-state index < -0.39 is 0 Å². The molecule has 0 spiro atoms. The molecule has 0 saturated heterocycles. The summed E-state index contributed by atoms with van der Waals surface area (Å²) in [6.07, 6.45) is 1.84. The van der Waals surface area contributed by atoms with E-state index in [0.29, 0.717) is 0 Å². The van der Waals surface area contributed by atoms with Crippen LogP contribution in [0.3, 0.4) is 0 Å². The number of hydrogen-bond acceptors (Lipinski definition) is 2. The Hall–Kier alpha value is -2.81. The zero-order valence-electron chi connectivity index (χ0n) is 12.6. The van der Waals surface area contributed by atoms with Crippen molar-refractivity contribution in [2.24, 2.45) is 0 Å². The molecule has 3 heteroatoms. The predicted octanol–water partition coefficient (Wildman–Crippen LogP) is 4.50. The molecule has 22 heavy (non-hydrogen) atoms. The molecule has 0 bridgehead atoms. The normalized spacial score (nSPS) is 11.2. The second kappa shape index (κ2) is 4.88. The molecule has 0 atom stereocenters. The fourth-order valence-electron chi connectivity index (χ4n) is 3.02. The summed E-state index contributed by atoms with van der Waals surface area (Å²) in [5.74, 6) is 1.81. The van der Waals surface area contributed by atoms with Gasteiger partial charge in [0.1, 0.15) is 11.6 Å². The topological polar surface area (TPSA) is 27.1 Å². The Balaban J connectivity index is 2.20. The second-order valence-electron chi connectivity index (χ2n) is 5.38. The van der Waals surface area contributed by atoms with Crippen molar-refractivity contribution in [3.63, 3.8) is 0 Å². The maximum atomic E-state index is 5.41. The lowest BCUT2D eigenvalue weighted by Crippen LogP contribution is -1.99. The first-order valence-corrected chi connectivity index (χ1v) is 7.29. The molecule has 0 radical (unpaired) electrons. The van der Waals surface area contributed by atoms with E-state index in [2.05, 4.69) is 58.9 Å². The van der Waals surface area contributed by atoms with Crippen molar-refractivity contribution < 1.29 is 4.74 Å². The molecule has 0 unspecified atom stereocenters. The van der Waals surface area contributed by atoms with Crippen molar-refractivity contribution in [2.45, 2.75) is 6.92 Å². The average Bonchev–Trinajstić information content (AvgIpc) is 2.89. The summed E-state index contributed by atoms with van der Waals surface area (Å²) in [7, 11) is 1.69. The zero-order chi connectivity index (χ0) is 15.1. The van der Waals surface area contributed by atoms with Gasteiger partial charge in [0.05, 0.1) is 18.1 Å². The van der Waals surface area contributed by atoms with Gasteiger partial charge < -0.3 is 4.74 Å². The third kappa shape index (κ3) is 1.79. The van der Waals surface area contributed by atoms with E-state index in [4.69, 9.17) is 4.74 Å². The van der Waals surface area contributed by atoms with Gasteiger partial charge in [-0.05, 0) is 36.8 Å². The number of rotatable bonds is 2. The molecule has 2 heterocycles. The molecule has 108 valence electrons. The number of pyridine rings is 1. The minimum Gasteiger partial charge on any atom is -0.497 e. The van der Waals surface area contributed by atoms with Gasteiger partial charge in [0.25, 0.3) is 0 Å². The Labute approximate surface area is 128 Å². The quantitative estimate of drug-likeness (QED) is 0.543. The smallest absolute Gasteiger partial charge is 0.140 e. The maximum absolute atomic E-state index is 5.41. The van der Waals surface area contributed by atoms with Crippen LogP contribution in [-0.2, 0) is 0 Å². The lowest BCUT2D eigenvalue weighted by Gasteiger charge is -2.09. The molecular weight excluding hydrogens is 272 g/mol. The van der Waals surface area contributed by atoms with Crippen LogP contribution in [0.15, 0.2) is 60.8 Å². The Bertz CT molecular complexity index is 985. The summed E-state index contributed by atoms with van der Waals surface area (Å²) in [6, 6.07) is 18.7. The Kier molecular flexibility index (Phi) is 2.86. The average molecular weight is 288 g/mol. The van der Waals surface area contributed by atoms with Crippen LogP contribution in [0.5, 0.6) is 5.75 Å². The molecule has 0 amide bonds. The highest BCUT2D eigenvalue weighted by Gasteiger charge is 2.14. The molecule has 3 nitrogen and oxygen atoms in total. The Morgan fingerprint density at radius 2 is 1.73 bits per heavy atom. The van der Waals surface area contributed by atoms with Crippen molar-refractivity contribution in [3.8, 4) is 11.6 Å². The van der Waals surface area contributed by atoms with Crippen LogP contribution in [0.4, 0.5) is 0 Å². The van der Waals surface area contributed by atoms with Crippen molar-refractivity contribution in [3.05, 3.63) is 66.4 Å². The summed E-state index contributed by atoms with van der Waals surface area (Å²) in [6.45, 7) is 2.09. The van der Waals surface area contributed by atoms with Gasteiger partial charge in [-0.3, -0.25) is 4.57 Å². The summed E-state index contributed by atoms with van der Waals surface area (Å²) < 4.78 is 7.62. The third-order valence-corrected chi connectivity index (χ3v) is 4.07. The van der Waals surface area contributed by atoms with Crippen LogP contribution in [0, 0.1) is 6.92 Å². The fourth-order valence-corrected chi connectivity index (χ4v) is 3.02. The van der Waals surface area contributed by atoms with Crippen LogP contribution < -0.4 is 4.74 Å². The van der Waals surface area contributed by atoms with Gasteiger partial charge in [-0.1, -0.05) is 24.3 Å². The molecule has 4 aromatic rings. The van der Waals surface area contributed by atoms with Gasteiger partial charge in [-0.15, -0.1) is 0 Å². The monoisotopic (exact) mass is 288 g/mol. The molecule has 0 aliphatic heterocycles. The van der Waals surface area contributed by atoms with E-state index in [9.17, 15) is 0 Å². The number of aryl methyl sites for hydroxylation is 1. The molecular formula is C19H16N2O. The Morgan fingerprint density at radius 1 is 0.909 bits per heavy atom. The highest BCUT2D eigenvalue weighted by molar-refractivity contribution is 6.09. The van der Waals surface area contributed by atoms with E-state index >= 15 is 0 Å². The molecule has 0 fully saturated rings. The Morgan fingerprint density at radius 3 is 2.55 bits per heavy atom. The van der Waals surface area contributed by atoms with Gasteiger partial charge in [-0.2, -0.15) is 0 Å². The van der Waals surface area contributed by atoms with Crippen LogP contribution in [-0.4, -0.2) is 16.7 Å². The number of ether oxygens (including phenoxy) is 1. The summed E-state index contributed by atoms with van der Waals surface area (Å²) in [5, 5.41) is 2.44. The standard InChI is InChI=1S/C19H16N2O/c1-13-6-5-11-20-19(13)21-17-8-4-3-7-15(17)16-10-9-14(22-2)12-18(16)21/h3-12H,1-2H3. The van der Waals surface area contributed by atoms with E-state index in [1.807, 2.05) is 18.3 Å². The summed E-state index contributed by atoms with van der Waals surface area (Å²) in [4.78, 5) is 4.60. The van der Waals surface area contributed by atoms with Gasteiger partial charge in [0.15, 0.2) is 0 Å². The first kappa shape index (κ1) is 12.9. The van der Waals surface area contributed by atoms with E-state index in [1.54, 1.807) is 7.11 Å². The van der Waals surface area contributed by atoms with Crippen LogP contribution >= 0.6 is 0 Å². The predicted molar refractivity (Wildman–Crippen MR) is 89.9 cm³/mol. The molecule has 0 N–H and O–H groups in total. The summed E-state index contributed by atoms with van der Waals surface area (Å²) >= 11 is 0. The van der Waals surface area contributed by atoms with E-state index in [-0.39, 0.29) is 0 Å². The van der Waals surface area contributed by atoms with Crippen molar-refractivity contribution in [1.29, 1.82) is 0 Å². The largest absolute Gasteiger partial charge is 0.497 e. The first-order chi connectivity index (χ1) is 10.8. The number of para-hydroxylation sites is 1. The number of methoxy groups -OCH3 is 1. The van der Waals surface area contributed by atoms with Crippen molar-refractivity contribution in [1.82, 2.24) is 9.55 Å². The molecule has 2 aromatic carbocycles. The molecule has 2 aromatic heterocycles. The van der Waals surface area contributed by atoms with Gasteiger partial charge in [-0.25, -0.2) is 4.98 Å². The van der Waals surface area contributed by atoms with Gasteiger partial charge in [0.2, 0.25) is 0 Å². The number of benzene rings is 2. The van der Waals surface area contributed by atoms with Gasteiger partial charge >= 0.3 is 0 Å². The lowest BCUT2D eigenvalue weighted by molar-refractivity contribution is 0.415. The fraction of sp³-hybridized carbons (Fsp3) is 0.105. The van der Waals surface area contributed by atoms with Crippen LogP contribution in [0.25, 0.3) is 27.6 Å². The van der Waals surface area contributed by atoms with Crippen LogP contribution in [0.1, 0.15) is 5.56 Å². The highest BCUT2D eigenvalue weighted by atomic mass is 16.5. The maximum Gasteiger partial charge on any atom is 0.140 e. The molecule has 0 aliphatic carbocycles. The number of hydrogen-bond donors (Lipinski definition) is 0. The SMILES string of the molecule is COc1ccc2c3ccccc3n(-c3ncccc3C)c2c1. The van der Waals surface area contributed by atoms with Gasteiger partial charge in [0, 0.05) is 23.0 Å². The van der Waals surface area contributed by atoms with E-state index in [1.165, 1.54) is 10.8 Å². The second-order valence-corrected chi connectivity index (χ2v) is 5.38. The first-order valence-electron chi connectivity index (χ1n) is 7.29. The third-order valence-electron chi connectivity index (χ3n) is 4.07. The van der Waals surface area contributed by atoms with Crippen molar-refractivity contribution in [2.75, 3.05) is 7.11 Å². The molecule has 0 saturated carbocycles. The number of fused-ring (bicyclic) bond motifs is 3. The zero-order valence-corrected chi connectivity index (χ0v) is 12.6. The number of aromatic nitrogens is 2. The van der Waals surface area contributed by atoms with Crippen LogP contribution in [0.2, 0.25) is 0 Å². The minimum atomic E-state index is 0.852. The highest BCUT2D eigenvalue weighted by Crippen LogP contribution is 2.34. The number of nitrogens with zero attached hydrogens (tertiary/aromatic N) is 2.